The summed E-state index contributed by atoms with van der Waals surface area (Å²) in [6.45, 7) is 4.98. The van der Waals surface area contributed by atoms with E-state index in [9.17, 15) is 9.59 Å². The molecule has 10 nitrogen and oxygen atoms in total. The number of carbonyl (C=O) groups is 2. The summed E-state index contributed by atoms with van der Waals surface area (Å²) in [6, 6.07) is 9.91. The molecule has 3 rings (SSSR count). The zero-order chi connectivity index (χ0) is 23.1. The average Bonchev–Trinajstić information content (AvgIpc) is 3.44. The molecule has 0 saturated heterocycles. The average molecular weight is 441 g/mol. The lowest BCUT2D eigenvalue weighted by molar-refractivity contribution is 0.101. The minimum atomic E-state index is -0.313. The fourth-order valence-electron chi connectivity index (χ4n) is 3.09. The van der Waals surface area contributed by atoms with E-state index >= 15 is 0 Å². The first-order valence-electron chi connectivity index (χ1n) is 10.2. The van der Waals surface area contributed by atoms with Crippen LogP contribution in [0.15, 0.2) is 48.8 Å². The van der Waals surface area contributed by atoms with Crippen molar-refractivity contribution in [2.75, 3.05) is 38.1 Å². The fourth-order valence-corrected chi connectivity index (χ4v) is 3.09. The van der Waals surface area contributed by atoms with Crippen LogP contribution < -0.4 is 10.6 Å². The Bertz CT molecular complexity index is 960. The fraction of sp³-hybridized carbons (Fsp3) is 0.364. The molecule has 3 aromatic rings. The lowest BCUT2D eigenvalue weighted by Crippen LogP contribution is -2.16. The van der Waals surface area contributed by atoms with Crippen molar-refractivity contribution in [3.8, 4) is 0 Å². The van der Waals surface area contributed by atoms with E-state index in [1.165, 1.54) is 0 Å². The van der Waals surface area contributed by atoms with E-state index in [-0.39, 0.29) is 23.9 Å². The van der Waals surface area contributed by atoms with Crippen molar-refractivity contribution in [1.82, 2.24) is 19.6 Å². The van der Waals surface area contributed by atoms with Crippen LogP contribution in [0.4, 0.5) is 11.6 Å². The van der Waals surface area contributed by atoms with Gasteiger partial charge in [0.1, 0.15) is 0 Å². The highest BCUT2D eigenvalue weighted by molar-refractivity contribution is 6.06. The molecular weight excluding hydrogens is 412 g/mol. The van der Waals surface area contributed by atoms with Gasteiger partial charge in [0.05, 0.1) is 25.3 Å². The van der Waals surface area contributed by atoms with Gasteiger partial charge in [0, 0.05) is 49.9 Å². The zero-order valence-electron chi connectivity index (χ0n) is 18.6. The van der Waals surface area contributed by atoms with Gasteiger partial charge in [-0.05, 0) is 38.1 Å². The van der Waals surface area contributed by atoms with E-state index in [0.717, 1.165) is 0 Å². The summed E-state index contributed by atoms with van der Waals surface area (Å²) in [5, 5.41) is 14.2. The number of benzene rings is 1. The molecule has 0 aliphatic carbocycles. The van der Waals surface area contributed by atoms with Gasteiger partial charge in [-0.2, -0.15) is 10.2 Å². The molecule has 170 valence electrons. The number of nitrogens with one attached hydrogen (secondary N) is 2. The van der Waals surface area contributed by atoms with Crippen LogP contribution in [-0.2, 0) is 9.47 Å². The topological polar surface area (TPSA) is 112 Å². The van der Waals surface area contributed by atoms with Gasteiger partial charge in [0.25, 0.3) is 11.8 Å². The first kappa shape index (κ1) is 23.2. The van der Waals surface area contributed by atoms with Gasteiger partial charge in [-0.25, -0.2) is 0 Å². The first-order chi connectivity index (χ1) is 15.4. The molecule has 0 spiro atoms. The minimum absolute atomic E-state index is 0.0537. The molecule has 2 aromatic heterocycles. The first-order valence-corrected chi connectivity index (χ1v) is 10.2. The molecule has 0 bridgehead atoms. The van der Waals surface area contributed by atoms with Crippen LogP contribution in [0.1, 0.15) is 46.6 Å². The second kappa shape index (κ2) is 10.7. The van der Waals surface area contributed by atoms with Gasteiger partial charge in [-0.3, -0.25) is 19.0 Å². The molecule has 32 heavy (non-hydrogen) atoms. The number of hydrogen-bond acceptors (Lipinski definition) is 6. The zero-order valence-corrected chi connectivity index (χ0v) is 18.6. The van der Waals surface area contributed by atoms with Crippen molar-refractivity contribution in [3.05, 3.63) is 59.9 Å². The van der Waals surface area contributed by atoms with Gasteiger partial charge in [-0.15, -0.1) is 0 Å². The van der Waals surface area contributed by atoms with Crippen molar-refractivity contribution < 1.29 is 19.1 Å². The van der Waals surface area contributed by atoms with Crippen molar-refractivity contribution in [2.45, 2.75) is 25.9 Å². The molecule has 0 aliphatic heterocycles. The molecule has 0 saturated carbocycles. The normalized spacial score (nSPS) is 12.9. The predicted molar refractivity (Wildman–Crippen MR) is 120 cm³/mol. The Morgan fingerprint density at radius 1 is 0.781 bits per heavy atom. The number of carbonyl (C=O) groups excluding carboxylic acids is 2. The smallest absolute Gasteiger partial charge is 0.256 e. The second-order valence-corrected chi connectivity index (χ2v) is 7.46. The van der Waals surface area contributed by atoms with Gasteiger partial charge < -0.3 is 20.1 Å². The van der Waals surface area contributed by atoms with Crippen molar-refractivity contribution in [2.24, 2.45) is 0 Å². The van der Waals surface area contributed by atoms with Crippen LogP contribution in [0.25, 0.3) is 0 Å². The van der Waals surface area contributed by atoms with E-state index in [0.29, 0.717) is 36.0 Å². The molecule has 0 radical (unpaired) electrons. The van der Waals surface area contributed by atoms with E-state index in [1.54, 1.807) is 72.4 Å². The van der Waals surface area contributed by atoms with E-state index < -0.39 is 0 Å². The number of aromatic nitrogens is 4. The monoisotopic (exact) mass is 440 g/mol. The maximum absolute atomic E-state index is 12.5. The molecule has 2 amide bonds. The largest absolute Gasteiger partial charge is 0.382 e. The summed E-state index contributed by atoms with van der Waals surface area (Å²) >= 11 is 0. The Morgan fingerprint density at radius 3 is 1.50 bits per heavy atom. The number of rotatable bonds is 10. The third kappa shape index (κ3) is 5.80. The molecule has 1 aromatic carbocycles. The van der Waals surface area contributed by atoms with E-state index in [4.69, 9.17) is 9.47 Å². The number of nitrogens with zero attached hydrogens (tertiary/aromatic N) is 4. The lowest BCUT2D eigenvalue weighted by atomic mass is 10.1. The Kier molecular flexibility index (Phi) is 7.74. The van der Waals surface area contributed by atoms with Crippen LogP contribution in [0.3, 0.4) is 0 Å². The second-order valence-electron chi connectivity index (χ2n) is 7.46. The molecular formula is C22H28N6O4. The van der Waals surface area contributed by atoms with Crippen molar-refractivity contribution in [1.29, 1.82) is 0 Å². The summed E-state index contributed by atoms with van der Waals surface area (Å²) in [5.41, 5.74) is 0.831. The molecule has 10 heteroatoms. The summed E-state index contributed by atoms with van der Waals surface area (Å²) < 4.78 is 13.7. The summed E-state index contributed by atoms with van der Waals surface area (Å²) in [5.74, 6) is 0.260. The summed E-state index contributed by atoms with van der Waals surface area (Å²) in [4.78, 5) is 25.0. The SMILES string of the molecule is COCC(C)n1ccc(NC(=O)c2ccc(C(=O)Nc3ccn(C(C)COC)n3)cc2)n1. The molecule has 2 N–H and O–H groups in total. The Hall–Kier alpha value is -3.50. The molecule has 2 unspecified atom stereocenters. The van der Waals surface area contributed by atoms with Gasteiger partial charge in [0.2, 0.25) is 0 Å². The maximum atomic E-state index is 12.5. The van der Waals surface area contributed by atoms with Crippen LogP contribution in [0.2, 0.25) is 0 Å². The molecule has 0 aliphatic rings. The predicted octanol–water partition coefficient (Wildman–Crippen LogP) is 3.00. The number of amides is 2. The van der Waals surface area contributed by atoms with Gasteiger partial charge >= 0.3 is 0 Å². The number of ether oxygens (including phenoxy) is 2. The van der Waals surface area contributed by atoms with Crippen LogP contribution in [0, 0.1) is 0 Å². The standard InChI is InChI=1S/C22H28N6O4/c1-15(13-31-3)27-11-9-19(25-27)23-21(29)17-5-7-18(8-6-17)22(30)24-20-10-12-28(26-20)16(2)14-32-4/h5-12,15-16H,13-14H2,1-4H3,(H,23,25,29)(H,24,26,30). The Balaban J connectivity index is 1.58. The van der Waals surface area contributed by atoms with Crippen LogP contribution >= 0.6 is 0 Å². The Labute approximate surface area is 186 Å². The third-order valence-electron chi connectivity index (χ3n) is 4.83. The van der Waals surface area contributed by atoms with Crippen molar-refractivity contribution in [3.63, 3.8) is 0 Å². The Morgan fingerprint density at radius 2 is 1.16 bits per heavy atom. The van der Waals surface area contributed by atoms with Crippen molar-refractivity contribution >= 4 is 23.5 Å². The molecule has 2 atom stereocenters. The third-order valence-corrected chi connectivity index (χ3v) is 4.83. The maximum Gasteiger partial charge on any atom is 0.256 e. The highest BCUT2D eigenvalue weighted by atomic mass is 16.5. The van der Waals surface area contributed by atoms with Crippen LogP contribution in [-0.4, -0.2) is 58.8 Å². The van der Waals surface area contributed by atoms with E-state index in [2.05, 4.69) is 20.8 Å². The highest BCUT2D eigenvalue weighted by Crippen LogP contribution is 2.14. The molecule has 2 heterocycles. The summed E-state index contributed by atoms with van der Waals surface area (Å²) in [6.07, 6.45) is 3.56. The molecule has 0 fully saturated rings. The highest BCUT2D eigenvalue weighted by Gasteiger charge is 2.13. The minimum Gasteiger partial charge on any atom is -0.382 e. The van der Waals surface area contributed by atoms with Gasteiger partial charge in [-0.1, -0.05) is 0 Å². The van der Waals surface area contributed by atoms with E-state index in [1.807, 2.05) is 13.8 Å². The number of anilines is 2. The number of methoxy groups -OCH3 is 2. The quantitative estimate of drug-likeness (QED) is 0.501. The summed E-state index contributed by atoms with van der Waals surface area (Å²) in [7, 11) is 3.26. The van der Waals surface area contributed by atoms with Crippen LogP contribution in [0.5, 0.6) is 0 Å². The lowest BCUT2D eigenvalue weighted by Gasteiger charge is -2.10. The van der Waals surface area contributed by atoms with Gasteiger partial charge in [0.15, 0.2) is 11.6 Å². The number of hydrogen-bond donors (Lipinski definition) is 2.